The smallest absolute Gasteiger partial charge is 0.314 e. The Kier molecular flexibility index (Phi) is 8.14. The molecule has 0 aliphatic rings. The van der Waals surface area contributed by atoms with Crippen molar-refractivity contribution >= 4 is 12.0 Å². The summed E-state index contributed by atoms with van der Waals surface area (Å²) in [6.07, 6.45) is 0. The van der Waals surface area contributed by atoms with Gasteiger partial charge in [-0.1, -0.05) is 13.8 Å². The Morgan fingerprint density at radius 2 is 1.74 bits per heavy atom. The Morgan fingerprint density at radius 3 is 2.16 bits per heavy atom. The molecule has 1 unspecified atom stereocenters. The summed E-state index contributed by atoms with van der Waals surface area (Å²) in [5.41, 5.74) is 0. The first kappa shape index (κ1) is 17.7. The Labute approximate surface area is 115 Å². The highest BCUT2D eigenvalue weighted by atomic mass is 16.4. The number of amides is 2. The minimum Gasteiger partial charge on any atom is -0.481 e. The number of nitrogens with zero attached hydrogens (tertiary/aromatic N) is 1. The predicted molar refractivity (Wildman–Crippen MR) is 75.1 cm³/mol. The number of urea groups is 1. The first-order chi connectivity index (χ1) is 8.75. The average molecular weight is 273 g/mol. The molecule has 6 nitrogen and oxygen atoms in total. The maximum Gasteiger partial charge on any atom is 0.314 e. The van der Waals surface area contributed by atoms with Gasteiger partial charge in [0.15, 0.2) is 0 Å². The van der Waals surface area contributed by atoms with Crippen LogP contribution in [0.25, 0.3) is 0 Å². The van der Waals surface area contributed by atoms with E-state index in [9.17, 15) is 9.59 Å². The molecule has 0 saturated carbocycles. The van der Waals surface area contributed by atoms with E-state index in [0.29, 0.717) is 12.6 Å². The van der Waals surface area contributed by atoms with Gasteiger partial charge in [-0.05, 0) is 26.8 Å². The quantitative estimate of drug-likeness (QED) is 0.616. The van der Waals surface area contributed by atoms with E-state index in [1.54, 1.807) is 0 Å². The summed E-state index contributed by atoms with van der Waals surface area (Å²) in [5, 5.41) is 14.3. The van der Waals surface area contributed by atoms with Gasteiger partial charge in [0.2, 0.25) is 0 Å². The number of carboxylic acid groups (broad SMARTS) is 1. The number of hydrogen-bond donors (Lipinski definition) is 3. The van der Waals surface area contributed by atoms with Crippen molar-refractivity contribution in [1.29, 1.82) is 0 Å². The number of aliphatic carboxylic acids is 1. The lowest BCUT2D eigenvalue weighted by molar-refractivity contribution is -0.142. The molecule has 0 aromatic carbocycles. The van der Waals surface area contributed by atoms with Gasteiger partial charge < -0.3 is 20.6 Å². The van der Waals surface area contributed by atoms with E-state index in [0.717, 1.165) is 6.54 Å². The summed E-state index contributed by atoms with van der Waals surface area (Å²) >= 11 is 0. The first-order valence-corrected chi connectivity index (χ1v) is 6.70. The molecular formula is C13H27N3O3. The van der Waals surface area contributed by atoms with Gasteiger partial charge in [0.05, 0.1) is 5.92 Å². The Morgan fingerprint density at radius 1 is 1.16 bits per heavy atom. The third kappa shape index (κ3) is 7.66. The number of nitrogens with one attached hydrogen (secondary N) is 2. The summed E-state index contributed by atoms with van der Waals surface area (Å²) < 4.78 is 0. The van der Waals surface area contributed by atoms with Crippen molar-refractivity contribution < 1.29 is 14.7 Å². The van der Waals surface area contributed by atoms with Crippen molar-refractivity contribution in [2.24, 2.45) is 11.8 Å². The molecule has 0 aliphatic heterocycles. The summed E-state index contributed by atoms with van der Waals surface area (Å²) in [6.45, 7) is 9.28. The van der Waals surface area contributed by atoms with Crippen LogP contribution in [0.2, 0.25) is 0 Å². The zero-order valence-electron chi connectivity index (χ0n) is 12.6. The number of hydrogen-bond acceptors (Lipinski definition) is 3. The van der Waals surface area contributed by atoms with Gasteiger partial charge in [-0.3, -0.25) is 4.79 Å². The van der Waals surface area contributed by atoms with E-state index in [4.69, 9.17) is 5.11 Å². The Hall–Kier alpha value is -1.30. The minimum atomic E-state index is -0.880. The molecule has 0 fully saturated rings. The predicted octanol–water partition coefficient (Wildman–Crippen LogP) is 0.983. The number of likely N-dealkylation sites (N-methyl/N-ethyl adjacent to an activating group) is 1. The maximum atomic E-state index is 11.5. The van der Waals surface area contributed by atoms with Gasteiger partial charge in [0, 0.05) is 25.7 Å². The number of rotatable bonds is 8. The molecule has 0 heterocycles. The molecular weight excluding hydrogens is 246 g/mol. The van der Waals surface area contributed by atoms with Crippen molar-refractivity contribution in [3.8, 4) is 0 Å². The van der Waals surface area contributed by atoms with Gasteiger partial charge in [0.1, 0.15) is 0 Å². The van der Waals surface area contributed by atoms with Crippen LogP contribution >= 0.6 is 0 Å². The highest BCUT2D eigenvalue weighted by molar-refractivity contribution is 5.75. The number of carboxylic acids is 1. The minimum absolute atomic E-state index is 0.00938. The fraction of sp³-hybridized carbons (Fsp3) is 0.846. The van der Waals surface area contributed by atoms with Gasteiger partial charge in [-0.2, -0.15) is 0 Å². The molecule has 19 heavy (non-hydrogen) atoms. The Balaban J connectivity index is 3.90. The normalized spacial score (nSPS) is 12.8. The summed E-state index contributed by atoms with van der Waals surface area (Å²) in [6, 6.07) is 0.117. The van der Waals surface area contributed by atoms with Gasteiger partial charge in [-0.15, -0.1) is 0 Å². The average Bonchev–Trinajstić information content (AvgIpc) is 2.27. The fourth-order valence-electron chi connectivity index (χ4n) is 1.48. The molecule has 2 amide bonds. The second-order valence-electron chi connectivity index (χ2n) is 5.40. The van der Waals surface area contributed by atoms with Crippen molar-refractivity contribution in [3.63, 3.8) is 0 Å². The summed E-state index contributed by atoms with van der Waals surface area (Å²) in [7, 11) is 1.99. The second kappa shape index (κ2) is 8.74. The summed E-state index contributed by atoms with van der Waals surface area (Å²) in [4.78, 5) is 24.6. The van der Waals surface area contributed by atoms with Crippen LogP contribution in [-0.4, -0.2) is 54.7 Å². The maximum absolute atomic E-state index is 11.5. The van der Waals surface area contributed by atoms with E-state index in [1.165, 1.54) is 0 Å². The van der Waals surface area contributed by atoms with Crippen LogP contribution in [0.5, 0.6) is 0 Å². The third-order valence-corrected chi connectivity index (χ3v) is 3.24. The third-order valence-electron chi connectivity index (χ3n) is 3.24. The topological polar surface area (TPSA) is 81.7 Å². The van der Waals surface area contributed by atoms with Crippen molar-refractivity contribution in [2.75, 3.05) is 26.7 Å². The molecule has 0 saturated heterocycles. The second-order valence-corrected chi connectivity index (χ2v) is 5.40. The molecule has 0 radical (unpaired) electrons. The number of carbonyl (C=O) groups is 2. The van der Waals surface area contributed by atoms with E-state index in [2.05, 4.69) is 29.4 Å². The molecule has 0 aromatic heterocycles. The lowest BCUT2D eigenvalue weighted by atomic mass is 9.96. The van der Waals surface area contributed by atoms with Crippen molar-refractivity contribution in [1.82, 2.24) is 15.5 Å². The van der Waals surface area contributed by atoms with Crippen LogP contribution in [0.3, 0.4) is 0 Å². The largest absolute Gasteiger partial charge is 0.481 e. The van der Waals surface area contributed by atoms with Gasteiger partial charge >= 0.3 is 12.0 Å². The highest BCUT2D eigenvalue weighted by Gasteiger charge is 2.21. The SMILES string of the molecule is CC(C)C(CNC(=O)NCCN(C)C(C)C)C(=O)O. The molecule has 6 heteroatoms. The van der Waals surface area contributed by atoms with E-state index in [1.807, 2.05) is 20.9 Å². The molecule has 112 valence electrons. The van der Waals surface area contributed by atoms with Crippen LogP contribution in [0.1, 0.15) is 27.7 Å². The molecule has 0 aromatic rings. The van der Waals surface area contributed by atoms with Crippen LogP contribution < -0.4 is 10.6 Å². The number of carbonyl (C=O) groups excluding carboxylic acids is 1. The van der Waals surface area contributed by atoms with Gasteiger partial charge in [-0.25, -0.2) is 4.79 Å². The van der Waals surface area contributed by atoms with Crippen molar-refractivity contribution in [2.45, 2.75) is 33.7 Å². The zero-order chi connectivity index (χ0) is 15.0. The monoisotopic (exact) mass is 273 g/mol. The Bertz CT molecular complexity index is 293. The van der Waals surface area contributed by atoms with Crippen LogP contribution in [0.15, 0.2) is 0 Å². The molecule has 1 atom stereocenters. The molecule has 0 bridgehead atoms. The molecule has 0 aliphatic carbocycles. The van der Waals surface area contributed by atoms with Crippen LogP contribution in [-0.2, 0) is 4.79 Å². The fourth-order valence-corrected chi connectivity index (χ4v) is 1.48. The highest BCUT2D eigenvalue weighted by Crippen LogP contribution is 2.09. The van der Waals surface area contributed by atoms with Crippen molar-refractivity contribution in [3.05, 3.63) is 0 Å². The molecule has 3 N–H and O–H groups in total. The lowest BCUT2D eigenvalue weighted by Gasteiger charge is -2.21. The van der Waals surface area contributed by atoms with Crippen LogP contribution in [0, 0.1) is 11.8 Å². The summed E-state index contributed by atoms with van der Waals surface area (Å²) in [5.74, 6) is -1.44. The first-order valence-electron chi connectivity index (χ1n) is 6.70. The van der Waals surface area contributed by atoms with E-state index in [-0.39, 0.29) is 18.5 Å². The zero-order valence-corrected chi connectivity index (χ0v) is 12.6. The lowest BCUT2D eigenvalue weighted by Crippen LogP contribution is -2.44. The van der Waals surface area contributed by atoms with Crippen LogP contribution in [0.4, 0.5) is 4.79 Å². The standard InChI is InChI=1S/C13H27N3O3/c1-9(2)11(12(17)18)8-15-13(19)14-6-7-16(5)10(3)4/h9-11H,6-8H2,1-5H3,(H,17,18)(H2,14,15,19). The molecule has 0 rings (SSSR count). The van der Waals surface area contributed by atoms with E-state index >= 15 is 0 Å². The van der Waals surface area contributed by atoms with Gasteiger partial charge in [0.25, 0.3) is 0 Å². The van der Waals surface area contributed by atoms with E-state index < -0.39 is 11.9 Å². The molecule has 0 spiro atoms.